The van der Waals surface area contributed by atoms with Crippen molar-refractivity contribution in [1.82, 2.24) is 0 Å². The van der Waals surface area contributed by atoms with E-state index in [0.717, 1.165) is 0 Å². The Morgan fingerprint density at radius 2 is 1.59 bits per heavy atom. The maximum Gasteiger partial charge on any atom is 0.318 e. The van der Waals surface area contributed by atoms with Gasteiger partial charge in [0.05, 0.1) is 6.42 Å². The molecule has 0 fully saturated rings. The van der Waals surface area contributed by atoms with Crippen molar-refractivity contribution < 1.29 is 24.6 Å². The van der Waals surface area contributed by atoms with E-state index in [1.165, 1.54) is 12.1 Å². The van der Waals surface area contributed by atoms with E-state index in [1.54, 1.807) is 18.2 Å². The van der Waals surface area contributed by atoms with E-state index in [0.29, 0.717) is 5.56 Å². The first kappa shape index (κ1) is 12.9. The molecule has 0 aliphatic rings. The predicted molar refractivity (Wildman–Crippen MR) is 58.7 cm³/mol. The van der Waals surface area contributed by atoms with Crippen molar-refractivity contribution >= 4 is 17.7 Å². The van der Waals surface area contributed by atoms with E-state index in [2.05, 4.69) is 0 Å². The van der Waals surface area contributed by atoms with Crippen LogP contribution in [0.3, 0.4) is 0 Å². The molecule has 0 heterocycles. The van der Waals surface area contributed by atoms with Gasteiger partial charge in [0, 0.05) is 6.42 Å². The summed E-state index contributed by atoms with van der Waals surface area (Å²) in [5.41, 5.74) is 0.371. The molecule has 0 spiro atoms. The monoisotopic (exact) mass is 236 g/mol. The maximum atomic E-state index is 11.6. The molecule has 17 heavy (non-hydrogen) atoms. The molecule has 1 unspecified atom stereocenters. The van der Waals surface area contributed by atoms with Gasteiger partial charge in [0.25, 0.3) is 0 Å². The number of carbonyl (C=O) groups excluding carboxylic acids is 1. The largest absolute Gasteiger partial charge is 0.481 e. The fourth-order valence-corrected chi connectivity index (χ4v) is 1.49. The van der Waals surface area contributed by atoms with Crippen LogP contribution in [0, 0.1) is 0 Å². The number of benzene rings is 1. The summed E-state index contributed by atoms with van der Waals surface area (Å²) in [4.78, 5) is 33.0. The van der Waals surface area contributed by atoms with Crippen LogP contribution in [0.15, 0.2) is 30.3 Å². The minimum atomic E-state index is -1.28. The molecule has 90 valence electrons. The summed E-state index contributed by atoms with van der Waals surface area (Å²) < 4.78 is 0. The number of rotatable bonds is 6. The van der Waals surface area contributed by atoms with Crippen molar-refractivity contribution in [3.63, 3.8) is 0 Å². The van der Waals surface area contributed by atoms with Gasteiger partial charge in [-0.05, 0) is 5.56 Å². The molecule has 1 aromatic rings. The van der Waals surface area contributed by atoms with Crippen LogP contribution in [-0.2, 0) is 14.4 Å². The number of carboxylic acids is 2. The Bertz CT molecular complexity index is 424. The van der Waals surface area contributed by atoms with Gasteiger partial charge in [-0.25, -0.2) is 0 Å². The van der Waals surface area contributed by atoms with Crippen LogP contribution in [0.1, 0.15) is 24.3 Å². The van der Waals surface area contributed by atoms with Crippen LogP contribution < -0.4 is 0 Å². The lowest BCUT2D eigenvalue weighted by atomic mass is 9.92. The smallest absolute Gasteiger partial charge is 0.318 e. The van der Waals surface area contributed by atoms with Gasteiger partial charge in [-0.3, -0.25) is 14.4 Å². The van der Waals surface area contributed by atoms with Gasteiger partial charge in [-0.2, -0.15) is 0 Å². The maximum absolute atomic E-state index is 11.6. The third-order valence-corrected chi connectivity index (χ3v) is 2.29. The molecule has 0 bridgehead atoms. The first-order valence-electron chi connectivity index (χ1n) is 5.04. The highest BCUT2D eigenvalue weighted by Crippen LogP contribution is 2.19. The molecule has 1 rings (SSSR count). The first-order chi connectivity index (χ1) is 8.02. The van der Waals surface area contributed by atoms with Crippen molar-refractivity contribution in [2.24, 2.45) is 0 Å². The number of hydrogen-bond donors (Lipinski definition) is 2. The van der Waals surface area contributed by atoms with E-state index >= 15 is 0 Å². The van der Waals surface area contributed by atoms with Gasteiger partial charge in [0.15, 0.2) is 5.78 Å². The number of hydrogen-bond acceptors (Lipinski definition) is 3. The Hall–Kier alpha value is -2.17. The Labute approximate surface area is 97.7 Å². The highest BCUT2D eigenvalue weighted by molar-refractivity contribution is 6.04. The van der Waals surface area contributed by atoms with Gasteiger partial charge >= 0.3 is 11.9 Å². The Morgan fingerprint density at radius 1 is 1.00 bits per heavy atom. The lowest BCUT2D eigenvalue weighted by Gasteiger charge is -2.10. The molecule has 0 radical (unpaired) electrons. The van der Waals surface area contributed by atoms with Crippen LogP contribution in [-0.4, -0.2) is 27.9 Å². The summed E-state index contributed by atoms with van der Waals surface area (Å²) in [6.45, 7) is 0. The number of carboxylic acid groups (broad SMARTS) is 2. The second kappa shape index (κ2) is 5.79. The molecule has 0 aliphatic carbocycles. The zero-order chi connectivity index (χ0) is 12.8. The molecule has 2 N–H and O–H groups in total. The molecule has 5 heteroatoms. The van der Waals surface area contributed by atoms with Gasteiger partial charge in [0.2, 0.25) is 0 Å². The molecule has 5 nitrogen and oxygen atoms in total. The molecule has 0 amide bonds. The molecule has 1 aromatic carbocycles. The Kier molecular flexibility index (Phi) is 4.39. The second-order valence-corrected chi connectivity index (χ2v) is 3.54. The van der Waals surface area contributed by atoms with Crippen LogP contribution in [0.5, 0.6) is 0 Å². The van der Waals surface area contributed by atoms with Crippen LogP contribution in [0.4, 0.5) is 0 Å². The summed E-state index contributed by atoms with van der Waals surface area (Å²) in [7, 11) is 0. The van der Waals surface area contributed by atoms with Gasteiger partial charge < -0.3 is 10.2 Å². The molecule has 1 atom stereocenters. The normalized spacial score (nSPS) is 11.8. The molecular formula is C12H12O5. The third-order valence-electron chi connectivity index (χ3n) is 2.29. The SMILES string of the molecule is O=C(O)CCC(=O)C(C(=O)O)c1ccccc1. The van der Waals surface area contributed by atoms with Crippen molar-refractivity contribution in [3.05, 3.63) is 35.9 Å². The summed E-state index contributed by atoms with van der Waals surface area (Å²) in [6.07, 6.45) is -0.628. The molecule has 0 saturated heterocycles. The van der Waals surface area contributed by atoms with Crippen molar-refractivity contribution in [3.8, 4) is 0 Å². The van der Waals surface area contributed by atoms with Crippen molar-refractivity contribution in [2.75, 3.05) is 0 Å². The second-order valence-electron chi connectivity index (χ2n) is 3.54. The van der Waals surface area contributed by atoms with Crippen LogP contribution in [0.2, 0.25) is 0 Å². The van der Waals surface area contributed by atoms with E-state index < -0.39 is 23.6 Å². The van der Waals surface area contributed by atoms with E-state index in [-0.39, 0.29) is 12.8 Å². The molecule has 0 aliphatic heterocycles. The summed E-state index contributed by atoms with van der Waals surface area (Å²) in [5.74, 6) is -4.25. The molecule has 0 saturated carbocycles. The van der Waals surface area contributed by atoms with Crippen LogP contribution in [0.25, 0.3) is 0 Å². The lowest BCUT2D eigenvalue weighted by Crippen LogP contribution is -2.22. The van der Waals surface area contributed by atoms with Gasteiger partial charge in [-0.1, -0.05) is 30.3 Å². The van der Waals surface area contributed by atoms with E-state index in [9.17, 15) is 14.4 Å². The number of aliphatic carboxylic acids is 2. The average molecular weight is 236 g/mol. The van der Waals surface area contributed by atoms with E-state index in [4.69, 9.17) is 10.2 Å². The summed E-state index contributed by atoms with van der Waals surface area (Å²) in [6, 6.07) is 8.06. The zero-order valence-electron chi connectivity index (χ0n) is 9.00. The average Bonchev–Trinajstić information content (AvgIpc) is 2.27. The summed E-state index contributed by atoms with van der Waals surface area (Å²) in [5, 5.41) is 17.4. The highest BCUT2D eigenvalue weighted by atomic mass is 16.4. The molecular weight excluding hydrogens is 224 g/mol. The standard InChI is InChI=1S/C12H12O5/c13-9(6-7-10(14)15)11(12(16)17)8-4-2-1-3-5-8/h1-5,11H,6-7H2,(H,14,15)(H,16,17). The Balaban J connectivity index is 2.84. The van der Waals surface area contributed by atoms with E-state index in [1.807, 2.05) is 0 Å². The summed E-state index contributed by atoms with van der Waals surface area (Å²) >= 11 is 0. The quantitative estimate of drug-likeness (QED) is 0.726. The third kappa shape index (κ3) is 3.71. The fourth-order valence-electron chi connectivity index (χ4n) is 1.49. The lowest BCUT2D eigenvalue weighted by molar-refractivity contribution is -0.144. The number of carbonyl (C=O) groups is 3. The number of ketones is 1. The Morgan fingerprint density at radius 3 is 2.06 bits per heavy atom. The first-order valence-corrected chi connectivity index (χ1v) is 5.04. The van der Waals surface area contributed by atoms with Crippen LogP contribution >= 0.6 is 0 Å². The van der Waals surface area contributed by atoms with Crippen molar-refractivity contribution in [2.45, 2.75) is 18.8 Å². The minimum absolute atomic E-state index is 0.277. The zero-order valence-corrected chi connectivity index (χ0v) is 9.00. The van der Waals surface area contributed by atoms with Crippen molar-refractivity contribution in [1.29, 1.82) is 0 Å². The fraction of sp³-hybridized carbons (Fsp3) is 0.250. The highest BCUT2D eigenvalue weighted by Gasteiger charge is 2.27. The molecule has 0 aromatic heterocycles. The van der Waals surface area contributed by atoms with Gasteiger partial charge in [0.1, 0.15) is 5.92 Å². The van der Waals surface area contributed by atoms with Gasteiger partial charge in [-0.15, -0.1) is 0 Å². The topological polar surface area (TPSA) is 91.7 Å². The minimum Gasteiger partial charge on any atom is -0.481 e. The predicted octanol–water partition coefficient (Wildman–Crippen LogP) is 1.29. The number of Topliss-reactive ketones (excluding diaryl/α,β-unsaturated/α-hetero) is 1.